The third-order valence-corrected chi connectivity index (χ3v) is 5.43. The molecule has 1 rings (SSSR count). The fourth-order valence-electron chi connectivity index (χ4n) is 1.44. The van der Waals surface area contributed by atoms with Gasteiger partial charge in [0.2, 0.25) is 15.9 Å². The van der Waals surface area contributed by atoms with Crippen LogP contribution in [0.5, 0.6) is 0 Å². The van der Waals surface area contributed by atoms with Crippen molar-refractivity contribution in [1.82, 2.24) is 14.6 Å². The Labute approximate surface area is 130 Å². The first-order valence-electron chi connectivity index (χ1n) is 6.50. The fraction of sp³-hybridized carbons (Fsp3) is 0.538. The quantitative estimate of drug-likeness (QED) is 0.796. The molecule has 0 aliphatic rings. The van der Waals surface area contributed by atoms with Gasteiger partial charge in [-0.1, -0.05) is 11.8 Å². The number of carbonyl (C=O) groups is 1. The van der Waals surface area contributed by atoms with Crippen LogP contribution < -0.4 is 5.32 Å². The van der Waals surface area contributed by atoms with Crippen LogP contribution >= 0.6 is 11.8 Å². The van der Waals surface area contributed by atoms with Gasteiger partial charge in [0.05, 0.1) is 10.3 Å². The number of carbonyl (C=O) groups excluding carboxylic acids is 1. The second-order valence-corrected chi connectivity index (χ2v) is 8.56. The molecule has 0 saturated heterocycles. The van der Waals surface area contributed by atoms with Crippen molar-refractivity contribution < 1.29 is 13.2 Å². The summed E-state index contributed by atoms with van der Waals surface area (Å²) in [6, 6.07) is 3.19. The van der Waals surface area contributed by atoms with Crippen LogP contribution in [0.2, 0.25) is 0 Å². The Hall–Kier alpha value is -1.12. The van der Waals surface area contributed by atoms with Crippen LogP contribution in [0.3, 0.4) is 0 Å². The van der Waals surface area contributed by atoms with Crippen LogP contribution in [0.1, 0.15) is 20.8 Å². The minimum atomic E-state index is -3.47. The molecular formula is C13H21N3O3S2. The average Bonchev–Trinajstić information content (AvgIpc) is 2.38. The lowest BCUT2D eigenvalue weighted by molar-refractivity contribution is -0.120. The molecular weight excluding hydrogens is 310 g/mol. The molecule has 8 heteroatoms. The fourth-order valence-corrected chi connectivity index (χ4v) is 3.08. The molecule has 0 spiro atoms. The standard InChI is InChI=1S/C13H21N3O3S2/c1-9(2)15-13(17)10(3)20-12-7-6-11(8-14-12)21(18,19)16(4)5/h6-10H,1-5H3,(H,15,17)/t10-/m0/s1. The highest BCUT2D eigenvalue weighted by atomic mass is 32.2. The summed E-state index contributed by atoms with van der Waals surface area (Å²) in [6.45, 7) is 5.58. The smallest absolute Gasteiger partial charge is 0.244 e. The summed E-state index contributed by atoms with van der Waals surface area (Å²) in [5.41, 5.74) is 0. The van der Waals surface area contributed by atoms with E-state index in [1.54, 1.807) is 13.0 Å². The molecule has 0 unspecified atom stereocenters. The van der Waals surface area contributed by atoms with Crippen LogP contribution in [0, 0.1) is 0 Å². The molecule has 1 aromatic rings. The van der Waals surface area contributed by atoms with E-state index in [2.05, 4.69) is 10.3 Å². The second kappa shape index (κ2) is 7.24. The minimum Gasteiger partial charge on any atom is -0.353 e. The Balaban J connectivity index is 2.78. The third-order valence-electron chi connectivity index (χ3n) is 2.59. The predicted octanol–water partition coefficient (Wildman–Crippen LogP) is 1.34. The van der Waals surface area contributed by atoms with E-state index >= 15 is 0 Å². The summed E-state index contributed by atoms with van der Waals surface area (Å²) >= 11 is 1.29. The van der Waals surface area contributed by atoms with Crippen molar-refractivity contribution in [3.8, 4) is 0 Å². The van der Waals surface area contributed by atoms with Gasteiger partial charge in [-0.25, -0.2) is 17.7 Å². The van der Waals surface area contributed by atoms with Crippen molar-refractivity contribution in [2.24, 2.45) is 0 Å². The maximum Gasteiger partial charge on any atom is 0.244 e. The van der Waals surface area contributed by atoms with Crippen molar-refractivity contribution in [1.29, 1.82) is 0 Å². The number of nitrogens with one attached hydrogen (secondary N) is 1. The van der Waals surface area contributed by atoms with Gasteiger partial charge >= 0.3 is 0 Å². The van der Waals surface area contributed by atoms with E-state index in [1.807, 2.05) is 13.8 Å². The Kier molecular flexibility index (Phi) is 6.18. The molecule has 118 valence electrons. The first-order chi connectivity index (χ1) is 9.64. The predicted molar refractivity (Wildman–Crippen MR) is 83.7 cm³/mol. The van der Waals surface area contributed by atoms with Crippen molar-refractivity contribution in [3.63, 3.8) is 0 Å². The Morgan fingerprint density at radius 2 is 1.90 bits per heavy atom. The normalized spacial score (nSPS) is 13.5. The summed E-state index contributed by atoms with van der Waals surface area (Å²) in [5.74, 6) is -0.0678. The van der Waals surface area contributed by atoms with Crippen LogP contribution in [0.4, 0.5) is 0 Å². The highest BCUT2D eigenvalue weighted by Gasteiger charge is 2.19. The van der Waals surface area contributed by atoms with Gasteiger partial charge in [-0.05, 0) is 32.9 Å². The van der Waals surface area contributed by atoms with E-state index in [9.17, 15) is 13.2 Å². The van der Waals surface area contributed by atoms with E-state index in [0.29, 0.717) is 5.03 Å². The largest absolute Gasteiger partial charge is 0.353 e. The third kappa shape index (κ3) is 4.98. The lowest BCUT2D eigenvalue weighted by Gasteiger charge is -2.14. The molecule has 0 aliphatic heterocycles. The molecule has 0 aliphatic carbocycles. The van der Waals surface area contributed by atoms with E-state index in [1.165, 1.54) is 38.1 Å². The number of amides is 1. The van der Waals surface area contributed by atoms with Crippen LogP contribution in [-0.4, -0.2) is 49.0 Å². The zero-order chi connectivity index (χ0) is 16.2. The van der Waals surface area contributed by atoms with E-state index in [4.69, 9.17) is 0 Å². The maximum absolute atomic E-state index is 11.9. The molecule has 1 aromatic heterocycles. The van der Waals surface area contributed by atoms with Crippen molar-refractivity contribution >= 4 is 27.7 Å². The molecule has 6 nitrogen and oxygen atoms in total. The maximum atomic E-state index is 11.9. The van der Waals surface area contributed by atoms with Crippen LogP contribution in [0.15, 0.2) is 28.3 Å². The molecule has 1 heterocycles. The monoisotopic (exact) mass is 331 g/mol. The Morgan fingerprint density at radius 3 is 2.33 bits per heavy atom. The van der Waals surface area contributed by atoms with Crippen LogP contribution in [-0.2, 0) is 14.8 Å². The van der Waals surface area contributed by atoms with E-state index in [0.717, 1.165) is 4.31 Å². The molecule has 0 aromatic carbocycles. The summed E-state index contributed by atoms with van der Waals surface area (Å²) < 4.78 is 25.0. The topological polar surface area (TPSA) is 79.4 Å². The van der Waals surface area contributed by atoms with Gasteiger partial charge in [0.15, 0.2) is 0 Å². The molecule has 0 fully saturated rings. The number of pyridine rings is 1. The number of nitrogens with zero attached hydrogens (tertiary/aromatic N) is 2. The van der Waals surface area contributed by atoms with Gasteiger partial charge in [0.1, 0.15) is 4.90 Å². The van der Waals surface area contributed by atoms with Crippen molar-refractivity contribution in [3.05, 3.63) is 18.3 Å². The summed E-state index contributed by atoms with van der Waals surface area (Å²) in [7, 11) is -0.535. The Morgan fingerprint density at radius 1 is 1.29 bits per heavy atom. The number of sulfonamides is 1. The molecule has 1 atom stereocenters. The number of rotatable bonds is 6. The average molecular weight is 331 g/mol. The molecule has 1 N–H and O–H groups in total. The number of thioether (sulfide) groups is 1. The summed E-state index contributed by atoms with van der Waals surface area (Å²) in [6.07, 6.45) is 1.31. The molecule has 0 saturated carbocycles. The number of aromatic nitrogens is 1. The van der Waals surface area contributed by atoms with E-state index < -0.39 is 10.0 Å². The minimum absolute atomic E-state index is 0.0678. The van der Waals surface area contributed by atoms with Crippen LogP contribution in [0.25, 0.3) is 0 Å². The highest BCUT2D eigenvalue weighted by molar-refractivity contribution is 8.00. The lowest BCUT2D eigenvalue weighted by Crippen LogP contribution is -2.35. The SMILES string of the molecule is CC(C)NC(=O)[C@H](C)Sc1ccc(S(=O)(=O)N(C)C)cn1. The van der Waals surface area contributed by atoms with Gasteiger partial charge in [-0.2, -0.15) is 0 Å². The zero-order valence-electron chi connectivity index (χ0n) is 12.8. The summed E-state index contributed by atoms with van der Waals surface area (Å²) in [4.78, 5) is 16.1. The molecule has 21 heavy (non-hydrogen) atoms. The highest BCUT2D eigenvalue weighted by Crippen LogP contribution is 2.22. The zero-order valence-corrected chi connectivity index (χ0v) is 14.5. The first-order valence-corrected chi connectivity index (χ1v) is 8.82. The second-order valence-electron chi connectivity index (χ2n) is 5.04. The number of hydrogen-bond donors (Lipinski definition) is 1. The Bertz CT molecular complexity index is 583. The van der Waals surface area contributed by atoms with Gasteiger partial charge < -0.3 is 5.32 Å². The van der Waals surface area contributed by atoms with Crippen molar-refractivity contribution in [2.75, 3.05) is 14.1 Å². The van der Waals surface area contributed by atoms with Crippen molar-refractivity contribution in [2.45, 2.75) is 42.0 Å². The van der Waals surface area contributed by atoms with Gasteiger partial charge in [-0.15, -0.1) is 0 Å². The van der Waals surface area contributed by atoms with Gasteiger partial charge in [-0.3, -0.25) is 4.79 Å². The van der Waals surface area contributed by atoms with Gasteiger partial charge in [0, 0.05) is 26.3 Å². The molecule has 0 bridgehead atoms. The van der Waals surface area contributed by atoms with E-state index in [-0.39, 0.29) is 22.1 Å². The first kappa shape index (κ1) is 17.9. The summed E-state index contributed by atoms with van der Waals surface area (Å²) in [5, 5.41) is 3.14. The number of hydrogen-bond acceptors (Lipinski definition) is 5. The lowest BCUT2D eigenvalue weighted by atomic mass is 10.3. The molecule has 0 radical (unpaired) electrons. The van der Waals surface area contributed by atoms with Gasteiger partial charge in [0.25, 0.3) is 0 Å². The molecule has 1 amide bonds.